The molecule has 0 saturated heterocycles. The van der Waals surface area contributed by atoms with Crippen molar-refractivity contribution in [3.05, 3.63) is 18.6 Å². The van der Waals surface area contributed by atoms with Gasteiger partial charge in [-0.2, -0.15) is 0 Å². The molecular weight excluding hydrogens is 242 g/mol. The molecule has 4 heteroatoms. The van der Waals surface area contributed by atoms with Crippen molar-refractivity contribution >= 4 is 11.8 Å². The summed E-state index contributed by atoms with van der Waals surface area (Å²) in [6.45, 7) is 7.00. The molecule has 100 valence electrons. The molecule has 2 N–H and O–H groups in total. The van der Waals surface area contributed by atoms with Crippen molar-refractivity contribution in [2.75, 3.05) is 0 Å². The molecule has 1 aliphatic carbocycles. The van der Waals surface area contributed by atoms with Gasteiger partial charge < -0.3 is 5.73 Å². The summed E-state index contributed by atoms with van der Waals surface area (Å²) >= 11 is 1.82. The van der Waals surface area contributed by atoms with Gasteiger partial charge in [-0.1, -0.05) is 20.8 Å². The van der Waals surface area contributed by atoms with Crippen molar-refractivity contribution in [1.82, 2.24) is 9.97 Å². The van der Waals surface area contributed by atoms with Gasteiger partial charge in [0.25, 0.3) is 0 Å². The van der Waals surface area contributed by atoms with Crippen LogP contribution >= 0.6 is 11.8 Å². The number of nitrogens with two attached hydrogens (primary N) is 1. The molecule has 0 amide bonds. The highest BCUT2D eigenvalue weighted by atomic mass is 32.2. The van der Waals surface area contributed by atoms with E-state index in [1.165, 1.54) is 12.8 Å². The summed E-state index contributed by atoms with van der Waals surface area (Å²) in [6, 6.07) is 2.27. The molecule has 1 heterocycles. The van der Waals surface area contributed by atoms with E-state index >= 15 is 0 Å². The maximum absolute atomic E-state index is 6.27. The molecule has 3 unspecified atom stereocenters. The second-order valence-electron chi connectivity index (χ2n) is 6.24. The minimum atomic E-state index is 0.295. The van der Waals surface area contributed by atoms with Crippen LogP contribution in [0.4, 0.5) is 0 Å². The average Bonchev–Trinajstić information content (AvgIpc) is 2.32. The largest absolute Gasteiger partial charge is 0.327 e. The fraction of sp³-hybridized carbons (Fsp3) is 0.714. The molecule has 2 rings (SSSR count). The summed E-state index contributed by atoms with van der Waals surface area (Å²) in [5.41, 5.74) is 6.65. The molecule has 1 aromatic heterocycles. The third-order valence-corrected chi connectivity index (χ3v) is 5.22. The smallest absolute Gasteiger partial charge is 0.116 e. The first-order valence-electron chi connectivity index (χ1n) is 6.65. The second-order valence-corrected chi connectivity index (χ2v) is 7.50. The van der Waals surface area contributed by atoms with Crippen molar-refractivity contribution in [3.63, 3.8) is 0 Å². The highest BCUT2D eigenvalue weighted by Gasteiger charge is 2.34. The summed E-state index contributed by atoms with van der Waals surface area (Å²) in [5, 5.41) is 1.53. The van der Waals surface area contributed by atoms with Crippen LogP contribution in [0.2, 0.25) is 0 Å². The third kappa shape index (κ3) is 3.45. The number of hydrogen-bond donors (Lipinski definition) is 1. The van der Waals surface area contributed by atoms with Crippen LogP contribution in [0.25, 0.3) is 0 Å². The van der Waals surface area contributed by atoms with E-state index in [0.29, 0.717) is 16.7 Å². The van der Waals surface area contributed by atoms with E-state index in [2.05, 4.69) is 30.7 Å². The van der Waals surface area contributed by atoms with E-state index in [1.807, 2.05) is 17.8 Å². The van der Waals surface area contributed by atoms with Crippen molar-refractivity contribution < 1.29 is 0 Å². The topological polar surface area (TPSA) is 51.8 Å². The lowest BCUT2D eigenvalue weighted by Crippen LogP contribution is -2.41. The Morgan fingerprint density at radius 1 is 1.33 bits per heavy atom. The van der Waals surface area contributed by atoms with Crippen molar-refractivity contribution in [2.45, 2.75) is 56.4 Å². The molecule has 3 nitrogen and oxygen atoms in total. The van der Waals surface area contributed by atoms with Crippen molar-refractivity contribution in [1.29, 1.82) is 0 Å². The van der Waals surface area contributed by atoms with Gasteiger partial charge in [0.2, 0.25) is 0 Å². The van der Waals surface area contributed by atoms with Gasteiger partial charge in [0.05, 0.1) is 5.03 Å². The zero-order valence-electron chi connectivity index (χ0n) is 11.5. The lowest BCUT2D eigenvalue weighted by Gasteiger charge is -2.40. The Hall–Kier alpha value is -0.610. The molecule has 1 fully saturated rings. The van der Waals surface area contributed by atoms with Crippen LogP contribution in [0.3, 0.4) is 0 Å². The SMILES string of the molecule is CC(C)(C)C1CCC(N)C(Sc2ccncn2)C1. The molecule has 3 atom stereocenters. The van der Waals surface area contributed by atoms with Crippen molar-refractivity contribution in [2.24, 2.45) is 17.1 Å². The molecule has 0 bridgehead atoms. The van der Waals surface area contributed by atoms with E-state index in [9.17, 15) is 0 Å². The van der Waals surface area contributed by atoms with Crippen LogP contribution in [0.1, 0.15) is 40.0 Å². The Balaban J connectivity index is 2.02. The first kappa shape index (κ1) is 13.8. The Bertz CT molecular complexity index is 374. The Morgan fingerprint density at radius 2 is 2.11 bits per heavy atom. The first-order valence-corrected chi connectivity index (χ1v) is 7.53. The minimum absolute atomic E-state index is 0.295. The lowest BCUT2D eigenvalue weighted by molar-refractivity contribution is 0.174. The van der Waals surface area contributed by atoms with E-state index < -0.39 is 0 Å². The lowest BCUT2D eigenvalue weighted by atomic mass is 9.71. The predicted molar refractivity (Wildman–Crippen MR) is 76.4 cm³/mol. The fourth-order valence-corrected chi connectivity index (χ4v) is 3.78. The van der Waals surface area contributed by atoms with Crippen LogP contribution in [0, 0.1) is 11.3 Å². The standard InChI is InChI=1S/C14H23N3S/c1-14(2,3)10-4-5-11(15)12(8-10)18-13-6-7-16-9-17-13/h6-7,9-12H,4-5,8,15H2,1-3H3. The predicted octanol–water partition coefficient (Wildman–Crippen LogP) is 3.11. The molecule has 18 heavy (non-hydrogen) atoms. The zero-order valence-corrected chi connectivity index (χ0v) is 12.3. The summed E-state index contributed by atoms with van der Waals surface area (Å²) in [6.07, 6.45) is 6.98. The summed E-state index contributed by atoms with van der Waals surface area (Å²) in [5.74, 6) is 0.761. The van der Waals surface area contributed by atoms with Crippen LogP contribution in [0.5, 0.6) is 0 Å². The van der Waals surface area contributed by atoms with Gasteiger partial charge in [-0.15, -0.1) is 11.8 Å². The van der Waals surface area contributed by atoms with Gasteiger partial charge in [-0.3, -0.25) is 0 Å². The molecule has 1 saturated carbocycles. The fourth-order valence-electron chi connectivity index (χ4n) is 2.58. The van der Waals surface area contributed by atoms with E-state index in [1.54, 1.807) is 12.5 Å². The number of aromatic nitrogens is 2. The molecule has 1 aliphatic rings. The highest BCUT2D eigenvalue weighted by molar-refractivity contribution is 7.99. The first-order chi connectivity index (χ1) is 8.47. The monoisotopic (exact) mass is 265 g/mol. The summed E-state index contributed by atoms with van der Waals surface area (Å²) in [7, 11) is 0. The van der Waals surface area contributed by atoms with Gasteiger partial charge in [-0.05, 0) is 36.7 Å². The Morgan fingerprint density at radius 3 is 2.72 bits per heavy atom. The van der Waals surface area contributed by atoms with Crippen LogP contribution < -0.4 is 5.73 Å². The quantitative estimate of drug-likeness (QED) is 0.835. The molecule has 0 aliphatic heterocycles. The molecule has 0 radical (unpaired) electrons. The summed E-state index contributed by atoms with van der Waals surface area (Å²) < 4.78 is 0. The number of nitrogens with zero attached hydrogens (tertiary/aromatic N) is 2. The molecule has 0 spiro atoms. The maximum Gasteiger partial charge on any atom is 0.116 e. The molecular formula is C14H23N3S. The second kappa shape index (κ2) is 5.57. The normalized spacial score (nSPS) is 29.2. The van der Waals surface area contributed by atoms with E-state index in [-0.39, 0.29) is 0 Å². The van der Waals surface area contributed by atoms with Crippen LogP contribution in [0.15, 0.2) is 23.6 Å². The van der Waals surface area contributed by atoms with E-state index in [4.69, 9.17) is 5.73 Å². The van der Waals surface area contributed by atoms with Crippen LogP contribution in [-0.4, -0.2) is 21.3 Å². The highest BCUT2D eigenvalue weighted by Crippen LogP contribution is 2.42. The van der Waals surface area contributed by atoms with Gasteiger partial charge in [0.15, 0.2) is 0 Å². The van der Waals surface area contributed by atoms with Gasteiger partial charge in [0, 0.05) is 17.5 Å². The van der Waals surface area contributed by atoms with Gasteiger partial charge >= 0.3 is 0 Å². The third-order valence-electron chi connectivity index (χ3n) is 3.89. The van der Waals surface area contributed by atoms with Gasteiger partial charge in [-0.25, -0.2) is 9.97 Å². The van der Waals surface area contributed by atoms with Crippen molar-refractivity contribution in [3.8, 4) is 0 Å². The molecule has 0 aromatic carbocycles. The maximum atomic E-state index is 6.27. The zero-order chi connectivity index (χ0) is 13.2. The number of thioether (sulfide) groups is 1. The Kier molecular flexibility index (Phi) is 4.28. The van der Waals surface area contributed by atoms with E-state index in [0.717, 1.165) is 17.4 Å². The minimum Gasteiger partial charge on any atom is -0.327 e. The summed E-state index contributed by atoms with van der Waals surface area (Å²) in [4.78, 5) is 8.25. The van der Waals surface area contributed by atoms with Gasteiger partial charge in [0.1, 0.15) is 6.33 Å². The number of hydrogen-bond acceptors (Lipinski definition) is 4. The molecule has 1 aromatic rings. The number of rotatable bonds is 2. The van der Waals surface area contributed by atoms with Crippen LogP contribution in [-0.2, 0) is 0 Å². The Labute approximate surface area is 114 Å². The average molecular weight is 265 g/mol.